The molecule has 2 rings (SSSR count). The zero-order chi connectivity index (χ0) is 14.4. The van der Waals surface area contributed by atoms with E-state index in [1.807, 2.05) is 12.1 Å². The van der Waals surface area contributed by atoms with E-state index in [-0.39, 0.29) is 5.91 Å². The van der Waals surface area contributed by atoms with E-state index in [4.69, 9.17) is 5.84 Å². The van der Waals surface area contributed by atoms with E-state index in [2.05, 4.69) is 20.6 Å². The van der Waals surface area contributed by atoms with Gasteiger partial charge in [0.05, 0.1) is 0 Å². The van der Waals surface area contributed by atoms with Crippen LogP contribution in [0.4, 0.5) is 5.82 Å². The molecular weight excluding hydrogens is 254 g/mol. The Balaban J connectivity index is 1.77. The van der Waals surface area contributed by atoms with Crippen LogP contribution in [-0.2, 0) is 11.3 Å². The number of hydrogen-bond acceptors (Lipinski definition) is 5. The number of nitrogen functional groups attached to an aromatic ring is 1. The number of rotatable bonds is 5. The Morgan fingerprint density at radius 3 is 2.90 bits per heavy atom. The smallest absolute Gasteiger partial charge is 0.216 e. The number of aromatic nitrogens is 1. The van der Waals surface area contributed by atoms with Crippen LogP contribution in [0.1, 0.15) is 25.3 Å². The third-order valence-corrected chi connectivity index (χ3v) is 3.73. The maximum absolute atomic E-state index is 10.9. The lowest BCUT2D eigenvalue weighted by Gasteiger charge is -2.32. The van der Waals surface area contributed by atoms with Crippen LogP contribution >= 0.6 is 0 Å². The van der Waals surface area contributed by atoms with Gasteiger partial charge in [-0.05, 0) is 49.5 Å². The highest BCUT2D eigenvalue weighted by Crippen LogP contribution is 2.18. The lowest BCUT2D eigenvalue weighted by molar-refractivity contribution is -0.119. The lowest BCUT2D eigenvalue weighted by Crippen LogP contribution is -2.37. The first kappa shape index (κ1) is 14.7. The molecule has 110 valence electrons. The molecule has 1 fully saturated rings. The summed E-state index contributed by atoms with van der Waals surface area (Å²) < 4.78 is 0. The van der Waals surface area contributed by atoms with Gasteiger partial charge < -0.3 is 10.7 Å². The second kappa shape index (κ2) is 7.21. The number of carbonyl (C=O) groups excluding carboxylic acids is 1. The normalized spacial score (nSPS) is 16.9. The number of piperidine rings is 1. The summed E-state index contributed by atoms with van der Waals surface area (Å²) in [6.45, 7) is 5.43. The monoisotopic (exact) mass is 277 g/mol. The van der Waals surface area contributed by atoms with Crippen LogP contribution in [-0.4, -0.2) is 35.4 Å². The van der Waals surface area contributed by atoms with Gasteiger partial charge in [0, 0.05) is 26.2 Å². The molecule has 4 N–H and O–H groups in total. The van der Waals surface area contributed by atoms with Crippen LogP contribution in [0.3, 0.4) is 0 Å². The van der Waals surface area contributed by atoms with Crippen LogP contribution in [0.2, 0.25) is 0 Å². The van der Waals surface area contributed by atoms with Gasteiger partial charge >= 0.3 is 0 Å². The number of nitrogens with zero attached hydrogens (tertiary/aromatic N) is 2. The third-order valence-electron chi connectivity index (χ3n) is 3.73. The maximum atomic E-state index is 10.9. The van der Waals surface area contributed by atoms with Crippen molar-refractivity contribution in [3.63, 3.8) is 0 Å². The SMILES string of the molecule is CC(=O)NCC1CCN(Cc2ccnc(NN)c2)CC1. The van der Waals surface area contributed by atoms with Gasteiger partial charge in [0.2, 0.25) is 5.91 Å². The molecule has 1 aliphatic heterocycles. The molecule has 6 nitrogen and oxygen atoms in total. The van der Waals surface area contributed by atoms with Crippen molar-refractivity contribution in [1.29, 1.82) is 0 Å². The average Bonchev–Trinajstić information content (AvgIpc) is 2.47. The molecule has 2 heterocycles. The Bertz CT molecular complexity index is 443. The summed E-state index contributed by atoms with van der Waals surface area (Å²) in [5, 5.41) is 2.91. The highest BCUT2D eigenvalue weighted by Gasteiger charge is 2.19. The molecule has 0 bridgehead atoms. The van der Waals surface area contributed by atoms with Crippen LogP contribution in [0.5, 0.6) is 0 Å². The largest absolute Gasteiger partial charge is 0.356 e. The summed E-state index contributed by atoms with van der Waals surface area (Å²) in [6, 6.07) is 3.99. The molecule has 6 heteroatoms. The molecule has 1 aliphatic rings. The van der Waals surface area contributed by atoms with Gasteiger partial charge in [-0.25, -0.2) is 10.8 Å². The second-order valence-electron chi connectivity index (χ2n) is 5.35. The van der Waals surface area contributed by atoms with Crippen LogP contribution in [0.15, 0.2) is 18.3 Å². The summed E-state index contributed by atoms with van der Waals surface area (Å²) in [5.41, 5.74) is 3.79. The minimum absolute atomic E-state index is 0.0611. The minimum atomic E-state index is 0.0611. The molecule has 0 spiro atoms. The van der Waals surface area contributed by atoms with E-state index >= 15 is 0 Å². The summed E-state index contributed by atoms with van der Waals surface area (Å²) >= 11 is 0. The Labute approximate surface area is 119 Å². The topological polar surface area (TPSA) is 83.3 Å². The number of anilines is 1. The quantitative estimate of drug-likeness (QED) is 0.545. The van der Waals surface area contributed by atoms with E-state index in [1.165, 1.54) is 5.56 Å². The van der Waals surface area contributed by atoms with Crippen molar-refractivity contribution in [3.05, 3.63) is 23.9 Å². The first-order chi connectivity index (χ1) is 9.67. The maximum Gasteiger partial charge on any atom is 0.216 e. The van der Waals surface area contributed by atoms with Crippen LogP contribution in [0.25, 0.3) is 0 Å². The first-order valence-corrected chi connectivity index (χ1v) is 7.05. The molecule has 20 heavy (non-hydrogen) atoms. The van der Waals surface area contributed by atoms with Gasteiger partial charge in [0.25, 0.3) is 0 Å². The highest BCUT2D eigenvalue weighted by atomic mass is 16.1. The Hall–Kier alpha value is -1.66. The van der Waals surface area contributed by atoms with Crippen LogP contribution < -0.4 is 16.6 Å². The summed E-state index contributed by atoms with van der Waals surface area (Å²) in [6.07, 6.45) is 4.04. The highest BCUT2D eigenvalue weighted by molar-refractivity contribution is 5.72. The number of likely N-dealkylation sites (tertiary alicyclic amines) is 1. The number of hydrogen-bond donors (Lipinski definition) is 3. The van der Waals surface area contributed by atoms with Gasteiger partial charge in [0.1, 0.15) is 5.82 Å². The number of carbonyl (C=O) groups is 1. The molecule has 1 saturated heterocycles. The molecule has 0 saturated carbocycles. The van der Waals surface area contributed by atoms with Crippen molar-refractivity contribution in [2.24, 2.45) is 11.8 Å². The predicted molar refractivity (Wildman–Crippen MR) is 78.7 cm³/mol. The van der Waals surface area contributed by atoms with E-state index in [1.54, 1.807) is 13.1 Å². The molecule has 1 aromatic rings. The number of amides is 1. The molecular formula is C14H23N5O. The van der Waals surface area contributed by atoms with Gasteiger partial charge in [-0.15, -0.1) is 0 Å². The second-order valence-corrected chi connectivity index (χ2v) is 5.35. The van der Waals surface area contributed by atoms with Crippen molar-refractivity contribution in [2.75, 3.05) is 25.1 Å². The van der Waals surface area contributed by atoms with Crippen molar-refractivity contribution in [1.82, 2.24) is 15.2 Å². The van der Waals surface area contributed by atoms with Crippen molar-refractivity contribution in [3.8, 4) is 0 Å². The van der Waals surface area contributed by atoms with Crippen molar-refractivity contribution < 1.29 is 4.79 Å². The van der Waals surface area contributed by atoms with E-state index in [9.17, 15) is 4.79 Å². The van der Waals surface area contributed by atoms with E-state index in [0.717, 1.165) is 39.0 Å². The van der Waals surface area contributed by atoms with Gasteiger partial charge in [-0.1, -0.05) is 0 Å². The standard InChI is InChI=1S/C14H23N5O/c1-11(20)17-9-12-3-6-19(7-4-12)10-13-2-5-16-14(8-13)18-15/h2,5,8,12H,3-4,6-7,9-10,15H2,1H3,(H,16,18)(H,17,20). The lowest BCUT2D eigenvalue weighted by atomic mass is 9.96. The Morgan fingerprint density at radius 2 is 2.25 bits per heavy atom. The minimum Gasteiger partial charge on any atom is -0.356 e. The number of nitrogens with two attached hydrogens (primary N) is 1. The summed E-state index contributed by atoms with van der Waals surface area (Å²) in [4.78, 5) is 17.4. The molecule has 0 unspecified atom stereocenters. The fourth-order valence-electron chi connectivity index (χ4n) is 2.55. The van der Waals surface area contributed by atoms with E-state index < -0.39 is 0 Å². The molecule has 0 aromatic carbocycles. The van der Waals surface area contributed by atoms with Gasteiger partial charge in [-0.2, -0.15) is 0 Å². The fourth-order valence-corrected chi connectivity index (χ4v) is 2.55. The third kappa shape index (κ3) is 4.47. The molecule has 1 aromatic heterocycles. The zero-order valence-corrected chi connectivity index (χ0v) is 11.9. The number of pyridine rings is 1. The van der Waals surface area contributed by atoms with Gasteiger partial charge in [0.15, 0.2) is 0 Å². The number of hydrazine groups is 1. The predicted octanol–water partition coefficient (Wildman–Crippen LogP) is 0.715. The van der Waals surface area contributed by atoms with Gasteiger partial charge in [-0.3, -0.25) is 9.69 Å². The average molecular weight is 277 g/mol. The fraction of sp³-hybridized carbons (Fsp3) is 0.571. The molecule has 0 aliphatic carbocycles. The van der Waals surface area contributed by atoms with Crippen molar-refractivity contribution in [2.45, 2.75) is 26.3 Å². The molecule has 0 radical (unpaired) electrons. The zero-order valence-electron chi connectivity index (χ0n) is 11.9. The molecule has 1 amide bonds. The Kier molecular flexibility index (Phi) is 5.31. The van der Waals surface area contributed by atoms with Crippen molar-refractivity contribution >= 4 is 11.7 Å². The number of nitrogens with one attached hydrogen (secondary N) is 2. The van der Waals surface area contributed by atoms with E-state index in [0.29, 0.717) is 11.7 Å². The summed E-state index contributed by atoms with van der Waals surface area (Å²) in [5.74, 6) is 6.73. The van der Waals surface area contributed by atoms with Crippen LogP contribution in [0, 0.1) is 5.92 Å². The Morgan fingerprint density at radius 1 is 1.50 bits per heavy atom. The summed E-state index contributed by atoms with van der Waals surface area (Å²) in [7, 11) is 0. The molecule has 0 atom stereocenters. The first-order valence-electron chi connectivity index (χ1n) is 7.05.